The molecule has 0 saturated carbocycles. The fourth-order valence-electron chi connectivity index (χ4n) is 1.52. The van der Waals surface area contributed by atoms with Gasteiger partial charge in [0.2, 0.25) is 0 Å². The van der Waals surface area contributed by atoms with E-state index in [0.717, 1.165) is 23.4 Å². The van der Waals surface area contributed by atoms with Gasteiger partial charge in [-0.3, -0.25) is 11.3 Å². The predicted octanol–water partition coefficient (Wildman–Crippen LogP) is 2.68. The van der Waals surface area contributed by atoms with Gasteiger partial charge in [-0.05, 0) is 37.5 Å². The minimum Gasteiger partial charge on any atom is -0.271 e. The Morgan fingerprint density at radius 3 is 2.53 bits per heavy atom. The average Bonchev–Trinajstić information content (AvgIpc) is 2.19. The van der Waals surface area contributed by atoms with Crippen molar-refractivity contribution >= 4 is 11.6 Å². The van der Waals surface area contributed by atoms with E-state index in [-0.39, 0.29) is 6.04 Å². The van der Waals surface area contributed by atoms with Gasteiger partial charge >= 0.3 is 0 Å². The second-order valence-electron chi connectivity index (χ2n) is 3.86. The number of benzene rings is 1. The zero-order valence-electron chi connectivity index (χ0n) is 8.96. The summed E-state index contributed by atoms with van der Waals surface area (Å²) in [7, 11) is 0. The fraction of sp³-hybridized carbons (Fsp3) is 0.333. The van der Waals surface area contributed by atoms with Crippen LogP contribution in [0.15, 0.2) is 36.4 Å². The Morgan fingerprint density at radius 1 is 1.47 bits per heavy atom. The first-order chi connectivity index (χ1) is 7.11. The standard InChI is InChI=1S/C12H17ClN2/c1-9(2)7-12(15-14)8-10-3-5-11(13)6-4-10/h3-6,12,15H,1,7-8,14H2,2H3. The molecule has 0 aliphatic heterocycles. The summed E-state index contributed by atoms with van der Waals surface area (Å²) in [5.74, 6) is 5.48. The van der Waals surface area contributed by atoms with Crippen LogP contribution in [0.3, 0.4) is 0 Å². The van der Waals surface area contributed by atoms with E-state index in [1.54, 1.807) is 0 Å². The molecule has 1 unspecified atom stereocenters. The molecule has 82 valence electrons. The Morgan fingerprint density at radius 2 is 2.07 bits per heavy atom. The Bertz CT molecular complexity index is 319. The van der Waals surface area contributed by atoms with Crippen LogP contribution in [0.5, 0.6) is 0 Å². The molecule has 3 N–H and O–H groups in total. The van der Waals surface area contributed by atoms with Crippen LogP contribution in [-0.4, -0.2) is 6.04 Å². The highest BCUT2D eigenvalue weighted by Crippen LogP contribution is 2.13. The van der Waals surface area contributed by atoms with Crippen LogP contribution in [0.25, 0.3) is 0 Å². The topological polar surface area (TPSA) is 38.0 Å². The van der Waals surface area contributed by atoms with Gasteiger partial charge in [0, 0.05) is 11.1 Å². The second kappa shape index (κ2) is 5.91. The van der Waals surface area contributed by atoms with Crippen molar-refractivity contribution in [2.24, 2.45) is 5.84 Å². The summed E-state index contributed by atoms with van der Waals surface area (Å²) in [5, 5.41) is 0.760. The molecule has 0 bridgehead atoms. The number of hydrogen-bond acceptors (Lipinski definition) is 2. The van der Waals surface area contributed by atoms with Gasteiger partial charge < -0.3 is 0 Å². The lowest BCUT2D eigenvalue weighted by Gasteiger charge is -2.15. The molecule has 1 aromatic carbocycles. The summed E-state index contributed by atoms with van der Waals surface area (Å²) in [4.78, 5) is 0. The molecule has 0 aliphatic carbocycles. The molecule has 3 heteroatoms. The highest BCUT2D eigenvalue weighted by atomic mass is 35.5. The Hall–Kier alpha value is -0.830. The third-order valence-electron chi connectivity index (χ3n) is 2.23. The molecule has 2 nitrogen and oxygen atoms in total. The smallest absolute Gasteiger partial charge is 0.0406 e. The summed E-state index contributed by atoms with van der Waals surface area (Å²) in [6, 6.07) is 8.07. The van der Waals surface area contributed by atoms with E-state index in [9.17, 15) is 0 Å². The molecule has 1 atom stereocenters. The van der Waals surface area contributed by atoms with E-state index < -0.39 is 0 Å². The maximum absolute atomic E-state index is 5.81. The fourth-order valence-corrected chi connectivity index (χ4v) is 1.64. The number of hydrazine groups is 1. The second-order valence-corrected chi connectivity index (χ2v) is 4.29. The molecule has 15 heavy (non-hydrogen) atoms. The molecule has 0 heterocycles. The first-order valence-electron chi connectivity index (χ1n) is 4.96. The number of hydrogen-bond donors (Lipinski definition) is 2. The molecular formula is C12H17ClN2. The summed E-state index contributed by atoms with van der Waals surface area (Å²) in [6.45, 7) is 5.89. The number of nitrogens with one attached hydrogen (secondary N) is 1. The minimum atomic E-state index is 0.240. The summed E-state index contributed by atoms with van der Waals surface area (Å²) < 4.78 is 0. The quantitative estimate of drug-likeness (QED) is 0.459. The lowest BCUT2D eigenvalue weighted by Crippen LogP contribution is -2.36. The van der Waals surface area contributed by atoms with E-state index in [4.69, 9.17) is 17.4 Å². The monoisotopic (exact) mass is 224 g/mol. The lowest BCUT2D eigenvalue weighted by atomic mass is 10.0. The molecule has 0 radical (unpaired) electrons. The van der Waals surface area contributed by atoms with Crippen molar-refractivity contribution in [3.63, 3.8) is 0 Å². The molecule has 1 rings (SSSR count). The van der Waals surface area contributed by atoms with Gasteiger partial charge in [0.15, 0.2) is 0 Å². The van der Waals surface area contributed by atoms with Gasteiger partial charge in [-0.15, -0.1) is 6.58 Å². The number of halogens is 1. The predicted molar refractivity (Wildman–Crippen MR) is 65.7 cm³/mol. The third kappa shape index (κ3) is 4.47. The molecular weight excluding hydrogens is 208 g/mol. The highest BCUT2D eigenvalue weighted by Gasteiger charge is 2.07. The zero-order valence-corrected chi connectivity index (χ0v) is 9.72. The van der Waals surface area contributed by atoms with E-state index >= 15 is 0 Å². The number of rotatable bonds is 5. The van der Waals surface area contributed by atoms with Crippen LogP contribution < -0.4 is 11.3 Å². The van der Waals surface area contributed by atoms with Gasteiger partial charge in [0.05, 0.1) is 0 Å². The Balaban J connectivity index is 2.58. The van der Waals surface area contributed by atoms with Crippen molar-refractivity contribution in [1.29, 1.82) is 0 Å². The van der Waals surface area contributed by atoms with Gasteiger partial charge in [-0.1, -0.05) is 29.3 Å². The molecule has 0 saturated heterocycles. The summed E-state index contributed by atoms with van der Waals surface area (Å²) in [6.07, 6.45) is 1.78. The SMILES string of the molecule is C=C(C)CC(Cc1ccc(Cl)cc1)NN. The zero-order chi connectivity index (χ0) is 11.3. The summed E-state index contributed by atoms with van der Waals surface area (Å²) in [5.41, 5.74) is 5.16. The van der Waals surface area contributed by atoms with E-state index in [1.807, 2.05) is 31.2 Å². The number of nitrogens with two attached hydrogens (primary N) is 1. The van der Waals surface area contributed by atoms with Crippen molar-refractivity contribution in [2.45, 2.75) is 25.8 Å². The molecule has 0 aliphatic rings. The van der Waals surface area contributed by atoms with E-state index in [1.165, 1.54) is 5.56 Å². The van der Waals surface area contributed by atoms with E-state index in [0.29, 0.717) is 0 Å². The van der Waals surface area contributed by atoms with Crippen LogP contribution in [0.1, 0.15) is 18.9 Å². The summed E-state index contributed by atoms with van der Waals surface area (Å²) >= 11 is 5.81. The van der Waals surface area contributed by atoms with Crippen molar-refractivity contribution in [1.82, 2.24) is 5.43 Å². The molecule has 0 amide bonds. The van der Waals surface area contributed by atoms with Crippen LogP contribution in [0.2, 0.25) is 5.02 Å². The van der Waals surface area contributed by atoms with Gasteiger partial charge in [0.1, 0.15) is 0 Å². The molecule has 0 spiro atoms. The largest absolute Gasteiger partial charge is 0.271 e. The van der Waals surface area contributed by atoms with Gasteiger partial charge in [0.25, 0.3) is 0 Å². The maximum Gasteiger partial charge on any atom is 0.0406 e. The Labute approximate surface area is 96.1 Å². The third-order valence-corrected chi connectivity index (χ3v) is 2.48. The van der Waals surface area contributed by atoms with Gasteiger partial charge in [-0.2, -0.15) is 0 Å². The van der Waals surface area contributed by atoms with E-state index in [2.05, 4.69) is 12.0 Å². The lowest BCUT2D eigenvalue weighted by molar-refractivity contribution is 0.521. The molecule has 0 fully saturated rings. The highest BCUT2D eigenvalue weighted by molar-refractivity contribution is 6.30. The average molecular weight is 225 g/mol. The van der Waals surface area contributed by atoms with Crippen LogP contribution in [-0.2, 0) is 6.42 Å². The van der Waals surface area contributed by atoms with Crippen LogP contribution in [0.4, 0.5) is 0 Å². The maximum atomic E-state index is 5.81. The van der Waals surface area contributed by atoms with Gasteiger partial charge in [-0.25, -0.2) is 0 Å². The molecule has 0 aromatic heterocycles. The van der Waals surface area contributed by atoms with Crippen molar-refractivity contribution < 1.29 is 0 Å². The van der Waals surface area contributed by atoms with Crippen LogP contribution in [0, 0.1) is 0 Å². The van der Waals surface area contributed by atoms with Crippen molar-refractivity contribution in [2.75, 3.05) is 0 Å². The van der Waals surface area contributed by atoms with Crippen molar-refractivity contribution in [3.05, 3.63) is 47.0 Å². The minimum absolute atomic E-state index is 0.240. The van der Waals surface area contributed by atoms with Crippen molar-refractivity contribution in [3.8, 4) is 0 Å². The first kappa shape index (κ1) is 12.2. The normalized spacial score (nSPS) is 12.5. The first-order valence-corrected chi connectivity index (χ1v) is 5.34. The van der Waals surface area contributed by atoms with Crippen LogP contribution >= 0.6 is 11.6 Å². The molecule has 1 aromatic rings. The Kier molecular flexibility index (Phi) is 4.82.